The van der Waals surface area contributed by atoms with Gasteiger partial charge in [-0.3, -0.25) is 9.48 Å². The molecular weight excluding hydrogens is 332 g/mol. The van der Waals surface area contributed by atoms with Crippen LogP contribution in [0.4, 0.5) is 0 Å². The number of Topliss-reactive ketones (excluding diaryl/α,β-unsaturated/α-hetero) is 1. The van der Waals surface area contributed by atoms with E-state index < -0.39 is 0 Å². The fraction of sp³-hybridized carbons (Fsp3) is 0.333. The first-order valence-corrected chi connectivity index (χ1v) is 9.68. The highest BCUT2D eigenvalue weighted by Gasteiger charge is 2.32. The molecule has 0 bridgehead atoms. The van der Waals surface area contributed by atoms with Crippen LogP contribution < -0.4 is 0 Å². The van der Waals surface area contributed by atoms with Gasteiger partial charge in [0.2, 0.25) is 0 Å². The van der Waals surface area contributed by atoms with Crippen LogP contribution in [0.25, 0.3) is 0 Å². The Morgan fingerprint density at radius 1 is 1.07 bits per heavy atom. The monoisotopic (exact) mass is 358 g/mol. The highest BCUT2D eigenvalue weighted by atomic mass is 16.1. The Bertz CT molecular complexity index is 964. The molecule has 1 aromatic heterocycles. The summed E-state index contributed by atoms with van der Waals surface area (Å²) in [6.07, 6.45) is 1.87. The Labute approximate surface area is 161 Å². The minimum absolute atomic E-state index is 0.0553. The van der Waals surface area contributed by atoms with Gasteiger partial charge in [-0.1, -0.05) is 75.4 Å². The van der Waals surface area contributed by atoms with Crippen LogP contribution in [-0.2, 0) is 18.4 Å². The number of aryl methyl sites for hydroxylation is 1. The summed E-state index contributed by atoms with van der Waals surface area (Å²) in [4.78, 5) is 13.5. The summed E-state index contributed by atoms with van der Waals surface area (Å²) < 4.78 is 1.90. The van der Waals surface area contributed by atoms with Crippen molar-refractivity contribution >= 4 is 5.78 Å². The summed E-state index contributed by atoms with van der Waals surface area (Å²) in [5, 5.41) is 4.82. The Morgan fingerprint density at radius 2 is 1.78 bits per heavy atom. The molecule has 0 saturated heterocycles. The molecular formula is C24H26N2O. The van der Waals surface area contributed by atoms with Crippen LogP contribution in [0.3, 0.4) is 0 Å². The molecule has 3 aromatic rings. The van der Waals surface area contributed by atoms with Crippen LogP contribution in [-0.4, -0.2) is 15.6 Å². The SMILES string of the molecule is CC(C)(C)c1cc(C(=O)C2CCc3ccccc32)n(Cc2ccccc2)n1. The van der Waals surface area contributed by atoms with Crippen molar-refractivity contribution < 1.29 is 4.79 Å². The maximum absolute atomic E-state index is 13.5. The minimum atomic E-state index is -0.0927. The van der Waals surface area contributed by atoms with Crippen molar-refractivity contribution in [1.29, 1.82) is 0 Å². The van der Waals surface area contributed by atoms with Gasteiger partial charge in [0, 0.05) is 11.3 Å². The van der Waals surface area contributed by atoms with E-state index >= 15 is 0 Å². The van der Waals surface area contributed by atoms with E-state index in [1.165, 1.54) is 11.1 Å². The number of carbonyl (C=O) groups is 1. The van der Waals surface area contributed by atoms with Crippen LogP contribution in [0.1, 0.15) is 66.0 Å². The molecule has 1 aliphatic rings. The van der Waals surface area contributed by atoms with Gasteiger partial charge >= 0.3 is 0 Å². The topological polar surface area (TPSA) is 34.9 Å². The number of ketones is 1. The van der Waals surface area contributed by atoms with Gasteiger partial charge in [0.15, 0.2) is 5.78 Å². The fourth-order valence-corrected chi connectivity index (χ4v) is 3.87. The molecule has 1 atom stereocenters. The lowest BCUT2D eigenvalue weighted by molar-refractivity contribution is 0.0949. The predicted octanol–water partition coefficient (Wildman–Crippen LogP) is 5.14. The molecule has 1 heterocycles. The number of aromatic nitrogens is 2. The highest BCUT2D eigenvalue weighted by molar-refractivity contribution is 6.00. The van der Waals surface area contributed by atoms with Crippen LogP contribution in [0, 0.1) is 0 Å². The summed E-state index contributed by atoms with van der Waals surface area (Å²) in [7, 11) is 0. The van der Waals surface area contributed by atoms with E-state index in [-0.39, 0.29) is 17.1 Å². The third kappa shape index (κ3) is 3.46. The average Bonchev–Trinajstić information content (AvgIpc) is 3.26. The maximum Gasteiger partial charge on any atom is 0.188 e. The van der Waals surface area contributed by atoms with Crippen molar-refractivity contribution in [3.8, 4) is 0 Å². The molecule has 0 N–H and O–H groups in total. The van der Waals surface area contributed by atoms with E-state index in [0.29, 0.717) is 6.54 Å². The van der Waals surface area contributed by atoms with Crippen LogP contribution in [0.2, 0.25) is 0 Å². The van der Waals surface area contributed by atoms with Gasteiger partial charge in [0.05, 0.1) is 12.2 Å². The van der Waals surface area contributed by atoms with Crippen molar-refractivity contribution in [2.24, 2.45) is 0 Å². The molecule has 27 heavy (non-hydrogen) atoms. The average molecular weight is 358 g/mol. The lowest BCUT2D eigenvalue weighted by Crippen LogP contribution is -2.17. The van der Waals surface area contributed by atoms with Crippen LogP contribution >= 0.6 is 0 Å². The summed E-state index contributed by atoms with van der Waals surface area (Å²) in [5.41, 5.74) is 5.25. The lowest BCUT2D eigenvalue weighted by Gasteiger charge is -2.14. The summed E-state index contributed by atoms with van der Waals surface area (Å²) >= 11 is 0. The van der Waals surface area contributed by atoms with E-state index in [4.69, 9.17) is 5.10 Å². The molecule has 1 aliphatic carbocycles. The normalized spacial score (nSPS) is 16.3. The number of fused-ring (bicyclic) bond motifs is 1. The minimum Gasteiger partial charge on any atom is -0.292 e. The first kappa shape index (κ1) is 17.7. The zero-order chi connectivity index (χ0) is 19.0. The number of hydrogen-bond acceptors (Lipinski definition) is 2. The van der Waals surface area contributed by atoms with E-state index in [9.17, 15) is 4.79 Å². The van der Waals surface area contributed by atoms with Gasteiger partial charge in [-0.2, -0.15) is 5.10 Å². The highest BCUT2D eigenvalue weighted by Crippen LogP contribution is 2.36. The van der Waals surface area contributed by atoms with Crippen LogP contribution in [0.15, 0.2) is 60.7 Å². The Kier molecular flexibility index (Phi) is 4.47. The molecule has 2 aromatic carbocycles. The molecule has 138 valence electrons. The molecule has 4 rings (SSSR count). The molecule has 0 radical (unpaired) electrons. The second-order valence-electron chi connectivity index (χ2n) is 8.46. The van der Waals surface area contributed by atoms with E-state index in [1.54, 1.807) is 0 Å². The molecule has 3 heteroatoms. The largest absolute Gasteiger partial charge is 0.292 e. The number of benzene rings is 2. The van der Waals surface area contributed by atoms with Gasteiger partial charge in [-0.15, -0.1) is 0 Å². The third-order valence-electron chi connectivity index (χ3n) is 5.43. The van der Waals surface area contributed by atoms with Crippen molar-refractivity contribution in [2.75, 3.05) is 0 Å². The van der Waals surface area contributed by atoms with Gasteiger partial charge in [0.25, 0.3) is 0 Å². The van der Waals surface area contributed by atoms with E-state index in [0.717, 1.165) is 29.8 Å². The molecule has 0 aliphatic heterocycles. The molecule has 3 nitrogen and oxygen atoms in total. The maximum atomic E-state index is 13.5. The molecule has 1 unspecified atom stereocenters. The molecule has 0 saturated carbocycles. The molecule has 0 spiro atoms. The summed E-state index contributed by atoms with van der Waals surface area (Å²) in [6, 6.07) is 20.6. The smallest absolute Gasteiger partial charge is 0.188 e. The van der Waals surface area contributed by atoms with Gasteiger partial charge in [-0.05, 0) is 35.6 Å². The standard InChI is InChI=1S/C24H26N2O/c1-24(2,3)22-15-21(26(25-22)16-17-9-5-4-6-10-17)23(27)20-14-13-18-11-7-8-12-19(18)20/h4-12,15,20H,13-14,16H2,1-3H3. The van der Waals surface area contributed by atoms with Crippen LogP contribution in [0.5, 0.6) is 0 Å². The van der Waals surface area contributed by atoms with Crippen molar-refractivity contribution in [2.45, 2.75) is 51.5 Å². The van der Waals surface area contributed by atoms with Crippen molar-refractivity contribution in [3.63, 3.8) is 0 Å². The number of carbonyl (C=O) groups excluding carboxylic acids is 1. The Balaban J connectivity index is 1.73. The number of nitrogens with zero attached hydrogens (tertiary/aromatic N) is 2. The van der Waals surface area contributed by atoms with Gasteiger partial charge < -0.3 is 0 Å². The second-order valence-corrected chi connectivity index (χ2v) is 8.46. The van der Waals surface area contributed by atoms with Gasteiger partial charge in [-0.25, -0.2) is 0 Å². The van der Waals surface area contributed by atoms with Crippen molar-refractivity contribution in [1.82, 2.24) is 9.78 Å². The fourth-order valence-electron chi connectivity index (χ4n) is 3.87. The Hall–Kier alpha value is -2.68. The Morgan fingerprint density at radius 3 is 2.52 bits per heavy atom. The molecule has 0 amide bonds. The second kappa shape index (κ2) is 6.80. The van der Waals surface area contributed by atoms with Crippen molar-refractivity contribution in [3.05, 3.63) is 88.7 Å². The predicted molar refractivity (Wildman–Crippen MR) is 108 cm³/mol. The quantitative estimate of drug-likeness (QED) is 0.605. The van der Waals surface area contributed by atoms with Gasteiger partial charge in [0.1, 0.15) is 5.69 Å². The van der Waals surface area contributed by atoms with E-state index in [2.05, 4.69) is 51.1 Å². The zero-order valence-electron chi connectivity index (χ0n) is 16.3. The summed E-state index contributed by atoms with van der Waals surface area (Å²) in [5.74, 6) is 0.138. The molecule has 0 fully saturated rings. The summed E-state index contributed by atoms with van der Waals surface area (Å²) in [6.45, 7) is 7.04. The first-order chi connectivity index (χ1) is 12.9. The zero-order valence-corrected chi connectivity index (χ0v) is 16.3. The van der Waals surface area contributed by atoms with E-state index in [1.807, 2.05) is 35.0 Å². The lowest BCUT2D eigenvalue weighted by atomic mass is 9.90. The number of rotatable bonds is 4. The third-order valence-corrected chi connectivity index (χ3v) is 5.43. The first-order valence-electron chi connectivity index (χ1n) is 9.68. The number of hydrogen-bond donors (Lipinski definition) is 0.